The van der Waals surface area contributed by atoms with Crippen molar-refractivity contribution in [1.82, 2.24) is 14.7 Å². The van der Waals surface area contributed by atoms with Gasteiger partial charge in [-0.15, -0.1) is 0 Å². The molecule has 3 fully saturated rings. The van der Waals surface area contributed by atoms with E-state index in [9.17, 15) is 9.59 Å². The Hall–Kier alpha value is -1.10. The first-order valence-electron chi connectivity index (χ1n) is 7.37. The fraction of sp³-hybridized carbons (Fsp3) is 0.857. The van der Waals surface area contributed by atoms with Crippen LogP contribution in [0.1, 0.15) is 26.2 Å². The molecule has 0 aromatic carbocycles. The Morgan fingerprint density at radius 3 is 2.63 bits per heavy atom. The quantitative estimate of drug-likeness (QED) is 0.714. The Labute approximate surface area is 114 Å². The molecule has 0 aliphatic carbocycles. The molecule has 3 heterocycles. The predicted octanol–water partition coefficient (Wildman–Crippen LogP) is 0.160. The summed E-state index contributed by atoms with van der Waals surface area (Å²) >= 11 is 0. The van der Waals surface area contributed by atoms with E-state index in [2.05, 4.69) is 11.9 Å². The van der Waals surface area contributed by atoms with E-state index in [0.29, 0.717) is 5.92 Å². The number of carbonyl (C=O) groups is 2. The van der Waals surface area contributed by atoms with Gasteiger partial charge in [0, 0.05) is 19.6 Å². The number of amides is 2. The van der Waals surface area contributed by atoms with Crippen LogP contribution in [0.4, 0.5) is 0 Å². The zero-order chi connectivity index (χ0) is 13.6. The second-order valence-corrected chi connectivity index (χ2v) is 6.27. The molecular formula is C14H23N3O2. The lowest BCUT2D eigenvalue weighted by molar-refractivity contribution is -0.159. The van der Waals surface area contributed by atoms with Crippen molar-refractivity contribution in [2.45, 2.75) is 38.3 Å². The monoisotopic (exact) mass is 265 g/mol. The first kappa shape index (κ1) is 12.9. The van der Waals surface area contributed by atoms with Gasteiger partial charge in [-0.05, 0) is 45.7 Å². The van der Waals surface area contributed by atoms with Gasteiger partial charge in [0.15, 0.2) is 0 Å². The normalized spacial score (nSPS) is 36.2. The van der Waals surface area contributed by atoms with E-state index in [4.69, 9.17) is 0 Å². The minimum Gasteiger partial charge on any atom is -0.329 e. The van der Waals surface area contributed by atoms with Crippen LogP contribution in [-0.2, 0) is 9.59 Å². The first-order valence-corrected chi connectivity index (χ1v) is 7.37. The number of nitrogens with zero attached hydrogens (tertiary/aromatic N) is 3. The SMILES string of the molecule is CC1C(=O)N2CCCC2C(=O)N1CC1CCN(C)C1. The van der Waals surface area contributed by atoms with Crippen LogP contribution in [0.2, 0.25) is 0 Å². The summed E-state index contributed by atoms with van der Waals surface area (Å²) in [6.07, 6.45) is 2.95. The molecule has 3 rings (SSSR count). The Balaban J connectivity index is 1.73. The van der Waals surface area contributed by atoms with Gasteiger partial charge in [0.05, 0.1) is 0 Å². The molecule has 2 amide bonds. The molecule has 5 heteroatoms. The van der Waals surface area contributed by atoms with Crippen molar-refractivity contribution in [3.8, 4) is 0 Å². The Morgan fingerprint density at radius 1 is 1.16 bits per heavy atom. The van der Waals surface area contributed by atoms with Crippen molar-refractivity contribution in [1.29, 1.82) is 0 Å². The van der Waals surface area contributed by atoms with Gasteiger partial charge < -0.3 is 14.7 Å². The van der Waals surface area contributed by atoms with Crippen LogP contribution >= 0.6 is 0 Å². The third-order valence-corrected chi connectivity index (χ3v) is 4.87. The van der Waals surface area contributed by atoms with E-state index in [-0.39, 0.29) is 23.9 Å². The summed E-state index contributed by atoms with van der Waals surface area (Å²) in [6.45, 7) is 5.54. The number of carbonyl (C=O) groups excluding carboxylic acids is 2. The van der Waals surface area contributed by atoms with Crippen molar-refractivity contribution in [2.75, 3.05) is 33.2 Å². The van der Waals surface area contributed by atoms with E-state index in [0.717, 1.165) is 45.4 Å². The maximum absolute atomic E-state index is 12.6. The van der Waals surface area contributed by atoms with Crippen molar-refractivity contribution >= 4 is 11.8 Å². The first-order chi connectivity index (χ1) is 9.08. The van der Waals surface area contributed by atoms with Crippen molar-refractivity contribution in [3.05, 3.63) is 0 Å². The van der Waals surface area contributed by atoms with Crippen molar-refractivity contribution in [2.24, 2.45) is 5.92 Å². The summed E-state index contributed by atoms with van der Waals surface area (Å²) in [6, 6.07) is -0.435. The highest BCUT2D eigenvalue weighted by Gasteiger charge is 2.46. The standard InChI is InChI=1S/C14H23N3O2/c1-10-13(18)16-6-3-4-12(16)14(19)17(10)9-11-5-7-15(2)8-11/h10-12H,3-9H2,1-2H3. The second-order valence-electron chi connectivity index (χ2n) is 6.27. The number of rotatable bonds is 2. The summed E-state index contributed by atoms with van der Waals surface area (Å²) in [4.78, 5) is 30.8. The molecule has 0 bridgehead atoms. The summed E-state index contributed by atoms with van der Waals surface area (Å²) in [5, 5.41) is 0. The van der Waals surface area contributed by atoms with Crippen LogP contribution in [0.5, 0.6) is 0 Å². The molecule has 3 saturated heterocycles. The second kappa shape index (κ2) is 4.78. The highest BCUT2D eigenvalue weighted by atomic mass is 16.2. The lowest BCUT2D eigenvalue weighted by atomic mass is 10.0. The van der Waals surface area contributed by atoms with Crippen LogP contribution < -0.4 is 0 Å². The molecule has 0 spiro atoms. The highest BCUT2D eigenvalue weighted by molar-refractivity contribution is 5.97. The molecule has 0 aromatic rings. The molecule has 5 nitrogen and oxygen atoms in total. The number of likely N-dealkylation sites (tertiary alicyclic amines) is 1. The fourth-order valence-electron chi connectivity index (χ4n) is 3.74. The average molecular weight is 265 g/mol. The van der Waals surface area contributed by atoms with Gasteiger partial charge in [0.25, 0.3) is 0 Å². The van der Waals surface area contributed by atoms with Crippen molar-refractivity contribution in [3.63, 3.8) is 0 Å². The van der Waals surface area contributed by atoms with E-state index in [1.165, 1.54) is 0 Å². The van der Waals surface area contributed by atoms with Gasteiger partial charge >= 0.3 is 0 Å². The molecule has 0 aromatic heterocycles. The number of piperazine rings is 1. The summed E-state index contributed by atoms with van der Waals surface area (Å²) in [7, 11) is 2.12. The van der Waals surface area contributed by atoms with Crippen LogP contribution in [0.25, 0.3) is 0 Å². The minimum atomic E-state index is -0.271. The number of fused-ring (bicyclic) bond motifs is 1. The third-order valence-electron chi connectivity index (χ3n) is 4.87. The number of hydrogen-bond donors (Lipinski definition) is 0. The molecule has 3 aliphatic rings. The van der Waals surface area contributed by atoms with E-state index in [1.54, 1.807) is 4.90 Å². The maximum Gasteiger partial charge on any atom is 0.246 e. The minimum absolute atomic E-state index is 0.147. The lowest BCUT2D eigenvalue weighted by Crippen LogP contribution is -2.62. The zero-order valence-electron chi connectivity index (χ0n) is 11.8. The van der Waals surface area contributed by atoms with Gasteiger partial charge in [0.2, 0.25) is 11.8 Å². The highest BCUT2D eigenvalue weighted by Crippen LogP contribution is 2.28. The largest absolute Gasteiger partial charge is 0.329 e. The molecular weight excluding hydrogens is 242 g/mol. The summed E-state index contributed by atoms with van der Waals surface area (Å²) in [5.74, 6) is 0.852. The van der Waals surface area contributed by atoms with E-state index < -0.39 is 0 Å². The molecule has 3 atom stereocenters. The molecule has 3 unspecified atom stereocenters. The smallest absolute Gasteiger partial charge is 0.246 e. The molecule has 0 radical (unpaired) electrons. The average Bonchev–Trinajstić information content (AvgIpc) is 3.01. The van der Waals surface area contributed by atoms with Gasteiger partial charge in [-0.25, -0.2) is 0 Å². The van der Waals surface area contributed by atoms with Crippen LogP contribution in [0.3, 0.4) is 0 Å². The Bertz CT molecular complexity index is 398. The van der Waals surface area contributed by atoms with Crippen LogP contribution in [-0.4, -0.2) is 71.8 Å². The summed E-state index contributed by atoms with van der Waals surface area (Å²) < 4.78 is 0. The zero-order valence-corrected chi connectivity index (χ0v) is 11.8. The number of hydrogen-bond acceptors (Lipinski definition) is 3. The van der Waals surface area contributed by atoms with Gasteiger partial charge in [-0.1, -0.05) is 0 Å². The summed E-state index contributed by atoms with van der Waals surface area (Å²) in [5.41, 5.74) is 0. The van der Waals surface area contributed by atoms with Crippen molar-refractivity contribution < 1.29 is 9.59 Å². The van der Waals surface area contributed by atoms with Crippen LogP contribution in [0, 0.1) is 5.92 Å². The molecule has 0 saturated carbocycles. The Morgan fingerprint density at radius 2 is 1.95 bits per heavy atom. The molecule has 106 valence electrons. The van der Waals surface area contributed by atoms with Gasteiger partial charge in [-0.2, -0.15) is 0 Å². The van der Waals surface area contributed by atoms with Crippen LogP contribution in [0.15, 0.2) is 0 Å². The Kier molecular flexibility index (Phi) is 3.25. The molecule has 19 heavy (non-hydrogen) atoms. The predicted molar refractivity (Wildman–Crippen MR) is 71.5 cm³/mol. The van der Waals surface area contributed by atoms with E-state index in [1.807, 2.05) is 11.8 Å². The van der Waals surface area contributed by atoms with Gasteiger partial charge in [-0.3, -0.25) is 9.59 Å². The van der Waals surface area contributed by atoms with E-state index >= 15 is 0 Å². The topological polar surface area (TPSA) is 43.9 Å². The fourth-order valence-corrected chi connectivity index (χ4v) is 3.74. The third kappa shape index (κ3) is 2.14. The molecule has 0 N–H and O–H groups in total. The molecule has 3 aliphatic heterocycles. The maximum atomic E-state index is 12.6. The van der Waals surface area contributed by atoms with Gasteiger partial charge in [0.1, 0.15) is 12.1 Å². The lowest BCUT2D eigenvalue weighted by Gasteiger charge is -2.41.